The van der Waals surface area contributed by atoms with Crippen molar-refractivity contribution >= 4 is 28.3 Å². The first-order valence-corrected chi connectivity index (χ1v) is 11.1. The zero-order valence-corrected chi connectivity index (χ0v) is 17.5. The van der Waals surface area contributed by atoms with Crippen molar-refractivity contribution in [3.05, 3.63) is 22.5 Å². The summed E-state index contributed by atoms with van der Waals surface area (Å²) in [5, 5.41) is 13.3. The van der Waals surface area contributed by atoms with E-state index in [9.17, 15) is 4.79 Å². The number of nitrogens with zero attached hydrogens (tertiary/aromatic N) is 5. The summed E-state index contributed by atoms with van der Waals surface area (Å²) in [6, 6.07) is 1.98. The van der Waals surface area contributed by atoms with Crippen LogP contribution in [0.1, 0.15) is 67.3 Å². The molecule has 0 spiro atoms. The third kappa shape index (κ3) is 4.48. The maximum atomic E-state index is 12.7. The largest absolute Gasteiger partial charge is 0.341 e. The molecule has 2 aliphatic rings. The Labute approximate surface area is 170 Å². The Morgan fingerprint density at radius 3 is 2.39 bits per heavy atom. The molecule has 4 rings (SSSR count). The molecule has 1 aliphatic carbocycles. The van der Waals surface area contributed by atoms with Crippen LogP contribution in [0.5, 0.6) is 0 Å². The number of hydrogen-bond donors (Lipinski definition) is 1. The molecule has 2 aromatic rings. The average Bonchev–Trinajstić information content (AvgIpc) is 3.16. The average molecular weight is 401 g/mol. The van der Waals surface area contributed by atoms with E-state index in [1.54, 1.807) is 11.3 Å². The molecule has 150 valence electrons. The minimum atomic E-state index is 0.00388. The van der Waals surface area contributed by atoms with Gasteiger partial charge in [-0.25, -0.2) is 9.97 Å². The van der Waals surface area contributed by atoms with Gasteiger partial charge in [0.15, 0.2) is 0 Å². The number of hydrogen-bond acceptors (Lipinski definition) is 7. The highest BCUT2D eigenvalue weighted by atomic mass is 32.1. The molecule has 3 heterocycles. The first-order valence-electron chi connectivity index (χ1n) is 10.3. The minimum absolute atomic E-state index is 0.00388. The van der Waals surface area contributed by atoms with E-state index in [1.165, 1.54) is 32.1 Å². The summed E-state index contributed by atoms with van der Waals surface area (Å²) in [6.07, 6.45) is 7.87. The second-order valence-electron chi connectivity index (χ2n) is 7.98. The van der Waals surface area contributed by atoms with Crippen LogP contribution in [0.4, 0.5) is 11.1 Å². The minimum Gasteiger partial charge on any atom is -0.341 e. The molecule has 0 atom stereocenters. The number of nitrogens with one attached hydrogen (secondary N) is 1. The monoisotopic (exact) mass is 400 g/mol. The van der Waals surface area contributed by atoms with Crippen LogP contribution in [-0.4, -0.2) is 39.2 Å². The summed E-state index contributed by atoms with van der Waals surface area (Å²) in [4.78, 5) is 23.9. The Morgan fingerprint density at radius 2 is 1.71 bits per heavy atom. The van der Waals surface area contributed by atoms with Gasteiger partial charge in [-0.2, -0.15) is 0 Å². The molecule has 0 aromatic carbocycles. The lowest BCUT2D eigenvalue weighted by Gasteiger charge is -2.31. The molecule has 28 heavy (non-hydrogen) atoms. The maximum Gasteiger partial charge on any atom is 0.229 e. The third-order valence-corrected chi connectivity index (χ3v) is 6.75. The van der Waals surface area contributed by atoms with E-state index in [0.29, 0.717) is 11.0 Å². The summed E-state index contributed by atoms with van der Waals surface area (Å²) < 4.78 is 0. The SMILES string of the molecule is Cc1cc(C)nc(N2CCC(C(=O)Nc3nnc(C4CCCCC4)s3)CC2)n1. The second-order valence-corrected chi connectivity index (χ2v) is 8.99. The Kier molecular flexibility index (Phi) is 5.85. The zero-order valence-electron chi connectivity index (χ0n) is 16.6. The number of aromatic nitrogens is 4. The number of piperidine rings is 1. The van der Waals surface area contributed by atoms with E-state index in [1.807, 2.05) is 19.9 Å². The smallest absolute Gasteiger partial charge is 0.229 e. The van der Waals surface area contributed by atoms with Crippen LogP contribution in [-0.2, 0) is 4.79 Å². The van der Waals surface area contributed by atoms with Gasteiger partial charge < -0.3 is 10.2 Å². The number of rotatable bonds is 4. The summed E-state index contributed by atoms with van der Waals surface area (Å²) in [6.45, 7) is 5.57. The van der Waals surface area contributed by atoms with E-state index in [0.717, 1.165) is 48.3 Å². The highest BCUT2D eigenvalue weighted by Gasteiger charge is 2.27. The van der Waals surface area contributed by atoms with E-state index < -0.39 is 0 Å². The van der Waals surface area contributed by atoms with E-state index in [-0.39, 0.29) is 11.8 Å². The molecule has 1 amide bonds. The molecule has 0 unspecified atom stereocenters. The molecule has 1 N–H and O–H groups in total. The predicted molar refractivity (Wildman–Crippen MR) is 111 cm³/mol. The van der Waals surface area contributed by atoms with Gasteiger partial charge in [0.2, 0.25) is 17.0 Å². The number of amides is 1. The van der Waals surface area contributed by atoms with Gasteiger partial charge in [0.1, 0.15) is 5.01 Å². The highest BCUT2D eigenvalue weighted by molar-refractivity contribution is 7.15. The Morgan fingerprint density at radius 1 is 1.04 bits per heavy atom. The fourth-order valence-corrected chi connectivity index (χ4v) is 5.11. The molecular weight excluding hydrogens is 372 g/mol. The number of carbonyl (C=O) groups is 1. The molecule has 0 radical (unpaired) electrons. The molecule has 8 heteroatoms. The van der Waals surface area contributed by atoms with Crippen molar-refractivity contribution in [2.75, 3.05) is 23.3 Å². The van der Waals surface area contributed by atoms with Crippen LogP contribution in [0.2, 0.25) is 0 Å². The number of aryl methyl sites for hydroxylation is 2. The fraction of sp³-hybridized carbons (Fsp3) is 0.650. The second kappa shape index (κ2) is 8.51. The summed E-state index contributed by atoms with van der Waals surface area (Å²) in [5.74, 6) is 1.37. The van der Waals surface area contributed by atoms with Crippen molar-refractivity contribution in [3.8, 4) is 0 Å². The van der Waals surface area contributed by atoms with Gasteiger partial charge in [-0.3, -0.25) is 4.79 Å². The Bertz CT molecular complexity index is 804. The number of anilines is 2. The highest BCUT2D eigenvalue weighted by Crippen LogP contribution is 2.35. The van der Waals surface area contributed by atoms with Crippen molar-refractivity contribution in [3.63, 3.8) is 0 Å². The van der Waals surface area contributed by atoms with Crippen molar-refractivity contribution in [1.82, 2.24) is 20.2 Å². The lowest BCUT2D eigenvalue weighted by molar-refractivity contribution is -0.120. The van der Waals surface area contributed by atoms with Gasteiger partial charge in [-0.05, 0) is 45.6 Å². The van der Waals surface area contributed by atoms with E-state index in [2.05, 4.69) is 30.4 Å². The quantitative estimate of drug-likeness (QED) is 0.839. The van der Waals surface area contributed by atoms with Crippen LogP contribution >= 0.6 is 11.3 Å². The zero-order chi connectivity index (χ0) is 19.5. The van der Waals surface area contributed by atoms with Gasteiger partial charge in [0, 0.05) is 36.3 Å². The molecular formula is C20H28N6OS. The summed E-state index contributed by atoms with van der Waals surface area (Å²) in [5.41, 5.74) is 1.96. The van der Waals surface area contributed by atoms with Gasteiger partial charge in [-0.1, -0.05) is 30.6 Å². The molecule has 1 saturated carbocycles. The topological polar surface area (TPSA) is 83.9 Å². The summed E-state index contributed by atoms with van der Waals surface area (Å²) >= 11 is 1.55. The molecule has 0 bridgehead atoms. The van der Waals surface area contributed by atoms with Crippen molar-refractivity contribution in [2.24, 2.45) is 5.92 Å². The maximum absolute atomic E-state index is 12.7. The Hall–Kier alpha value is -2.09. The normalized spacial score (nSPS) is 19.0. The standard InChI is InChI=1S/C20H28N6OS/c1-13-12-14(2)22-19(21-13)26-10-8-15(9-11-26)17(27)23-20-25-24-18(28-20)16-6-4-3-5-7-16/h12,15-16H,3-11H2,1-2H3,(H,23,25,27). The van der Waals surface area contributed by atoms with Crippen molar-refractivity contribution in [2.45, 2.75) is 64.7 Å². The van der Waals surface area contributed by atoms with E-state index >= 15 is 0 Å². The van der Waals surface area contributed by atoms with E-state index in [4.69, 9.17) is 0 Å². The first kappa shape index (κ1) is 19.2. The fourth-order valence-electron chi connectivity index (χ4n) is 4.20. The lowest BCUT2D eigenvalue weighted by atomic mass is 9.90. The van der Waals surface area contributed by atoms with Crippen molar-refractivity contribution < 1.29 is 4.79 Å². The van der Waals surface area contributed by atoms with Gasteiger partial charge >= 0.3 is 0 Å². The van der Waals surface area contributed by atoms with Crippen molar-refractivity contribution in [1.29, 1.82) is 0 Å². The van der Waals surface area contributed by atoms with Gasteiger partial charge in [0.25, 0.3) is 0 Å². The number of carbonyl (C=O) groups excluding carboxylic acids is 1. The lowest BCUT2D eigenvalue weighted by Crippen LogP contribution is -2.39. The molecule has 2 fully saturated rings. The van der Waals surface area contributed by atoms with Crippen LogP contribution in [0.25, 0.3) is 0 Å². The van der Waals surface area contributed by atoms with Gasteiger partial charge in [0.05, 0.1) is 0 Å². The first-order chi connectivity index (χ1) is 13.6. The molecule has 1 aliphatic heterocycles. The Balaban J connectivity index is 1.31. The molecule has 2 aromatic heterocycles. The molecule has 1 saturated heterocycles. The molecule has 7 nitrogen and oxygen atoms in total. The van der Waals surface area contributed by atoms with Gasteiger partial charge in [-0.15, -0.1) is 10.2 Å². The van der Waals surface area contributed by atoms with Crippen LogP contribution in [0.3, 0.4) is 0 Å². The van der Waals surface area contributed by atoms with Crippen LogP contribution in [0, 0.1) is 19.8 Å². The summed E-state index contributed by atoms with van der Waals surface area (Å²) in [7, 11) is 0. The third-order valence-electron chi connectivity index (χ3n) is 5.74. The van der Waals surface area contributed by atoms with Crippen LogP contribution in [0.15, 0.2) is 6.07 Å². The predicted octanol–water partition coefficient (Wildman–Crippen LogP) is 3.85. The van der Waals surface area contributed by atoms with Crippen LogP contribution < -0.4 is 10.2 Å².